The second-order valence-corrected chi connectivity index (χ2v) is 6.71. The van der Waals surface area contributed by atoms with Crippen molar-refractivity contribution < 1.29 is 19.6 Å². The number of hydrazone groups is 1. The molecule has 138 valence electrons. The first-order valence-corrected chi connectivity index (χ1v) is 8.67. The average molecular weight is 406 g/mol. The lowest BCUT2D eigenvalue weighted by molar-refractivity contribution is -0.384. The smallest absolute Gasteiger partial charge is 0.283 e. The third kappa shape index (κ3) is 3.69. The molecule has 2 N–H and O–H groups in total. The molecule has 0 bridgehead atoms. The molecule has 0 saturated carbocycles. The maximum Gasteiger partial charge on any atom is 0.283 e. The molecule has 0 radical (unpaired) electrons. The number of halogens is 1. The summed E-state index contributed by atoms with van der Waals surface area (Å²) in [6.45, 7) is 0. The zero-order valence-corrected chi connectivity index (χ0v) is 15.4. The van der Waals surface area contributed by atoms with E-state index in [2.05, 4.69) is 10.5 Å². The molecule has 3 aromatic rings. The average Bonchev–Trinajstić information content (AvgIpc) is 2.99. The number of ether oxygens (including phenoxy) is 1. The van der Waals surface area contributed by atoms with E-state index in [0.29, 0.717) is 15.6 Å². The van der Waals surface area contributed by atoms with Gasteiger partial charge < -0.3 is 9.84 Å². The van der Waals surface area contributed by atoms with Crippen LogP contribution in [0.1, 0.15) is 15.2 Å². The number of aromatic hydroxyl groups is 1. The van der Waals surface area contributed by atoms with Crippen molar-refractivity contribution in [2.75, 3.05) is 7.11 Å². The van der Waals surface area contributed by atoms with Crippen LogP contribution in [0.5, 0.6) is 11.5 Å². The number of hydrogen-bond donors (Lipinski definition) is 2. The third-order valence-electron chi connectivity index (χ3n) is 3.65. The van der Waals surface area contributed by atoms with Crippen LogP contribution in [0.3, 0.4) is 0 Å². The van der Waals surface area contributed by atoms with E-state index >= 15 is 0 Å². The molecule has 1 aromatic heterocycles. The molecule has 3 rings (SSSR count). The van der Waals surface area contributed by atoms with Crippen LogP contribution in [0.2, 0.25) is 5.02 Å². The number of phenols is 1. The number of carbonyl (C=O) groups is 1. The highest BCUT2D eigenvalue weighted by Crippen LogP contribution is 2.37. The number of hydrogen-bond acceptors (Lipinski definition) is 7. The zero-order chi connectivity index (χ0) is 19.6. The Kier molecular flexibility index (Phi) is 5.24. The molecule has 0 saturated heterocycles. The number of methoxy groups -OCH3 is 1. The number of para-hydroxylation sites is 1. The van der Waals surface area contributed by atoms with Crippen molar-refractivity contribution in [1.29, 1.82) is 0 Å². The van der Waals surface area contributed by atoms with Crippen LogP contribution in [-0.2, 0) is 0 Å². The van der Waals surface area contributed by atoms with E-state index in [9.17, 15) is 20.0 Å². The van der Waals surface area contributed by atoms with Crippen molar-refractivity contribution in [3.8, 4) is 11.5 Å². The highest BCUT2D eigenvalue weighted by Gasteiger charge is 2.19. The lowest BCUT2D eigenvalue weighted by Crippen LogP contribution is -2.16. The summed E-state index contributed by atoms with van der Waals surface area (Å²) < 4.78 is 5.52. The van der Waals surface area contributed by atoms with Gasteiger partial charge in [-0.25, -0.2) is 5.43 Å². The number of benzene rings is 2. The van der Waals surface area contributed by atoms with E-state index < -0.39 is 10.8 Å². The SMILES string of the molecule is COc1cccc(/C=N\NC(=O)c2sc3cc([N+](=O)[O-])ccc3c2Cl)c1O. The Morgan fingerprint density at radius 1 is 1.41 bits per heavy atom. The summed E-state index contributed by atoms with van der Waals surface area (Å²) >= 11 is 7.24. The fourth-order valence-electron chi connectivity index (χ4n) is 2.33. The monoisotopic (exact) mass is 405 g/mol. The van der Waals surface area contributed by atoms with E-state index in [1.807, 2.05) is 0 Å². The van der Waals surface area contributed by atoms with E-state index in [4.69, 9.17) is 16.3 Å². The van der Waals surface area contributed by atoms with Crippen molar-refractivity contribution in [3.63, 3.8) is 0 Å². The molecule has 27 heavy (non-hydrogen) atoms. The first-order chi connectivity index (χ1) is 12.9. The van der Waals surface area contributed by atoms with E-state index in [1.54, 1.807) is 18.2 Å². The van der Waals surface area contributed by atoms with Gasteiger partial charge in [-0.1, -0.05) is 17.7 Å². The Bertz CT molecular complexity index is 1080. The number of carbonyl (C=O) groups excluding carboxylic acids is 1. The normalized spacial score (nSPS) is 11.0. The first-order valence-electron chi connectivity index (χ1n) is 7.48. The van der Waals surface area contributed by atoms with Gasteiger partial charge in [0, 0.05) is 27.8 Å². The summed E-state index contributed by atoms with van der Waals surface area (Å²) in [5.41, 5.74) is 2.59. The second-order valence-electron chi connectivity index (χ2n) is 5.28. The summed E-state index contributed by atoms with van der Waals surface area (Å²) in [5, 5.41) is 25.4. The van der Waals surface area contributed by atoms with Gasteiger partial charge in [0.15, 0.2) is 11.5 Å². The molecule has 1 heterocycles. The number of amides is 1. The molecule has 0 aliphatic heterocycles. The largest absolute Gasteiger partial charge is 0.504 e. The molecular weight excluding hydrogens is 394 g/mol. The third-order valence-corrected chi connectivity index (χ3v) is 5.31. The van der Waals surface area contributed by atoms with Gasteiger partial charge in [0.05, 0.1) is 23.3 Å². The number of fused-ring (bicyclic) bond motifs is 1. The summed E-state index contributed by atoms with van der Waals surface area (Å²) in [6.07, 6.45) is 1.27. The van der Waals surface area contributed by atoms with Gasteiger partial charge in [-0.3, -0.25) is 14.9 Å². The molecule has 0 fully saturated rings. The molecule has 0 spiro atoms. The summed E-state index contributed by atoms with van der Waals surface area (Å²) in [4.78, 5) is 22.9. The van der Waals surface area contributed by atoms with Crippen molar-refractivity contribution in [1.82, 2.24) is 5.43 Å². The predicted molar refractivity (Wildman–Crippen MR) is 103 cm³/mol. The van der Waals surface area contributed by atoms with Gasteiger partial charge in [-0.15, -0.1) is 11.3 Å². The molecule has 0 aliphatic rings. The fourth-order valence-corrected chi connectivity index (χ4v) is 3.77. The molecule has 0 aliphatic carbocycles. The Labute approximate surface area is 161 Å². The Morgan fingerprint density at radius 3 is 2.89 bits per heavy atom. The number of nitrogens with one attached hydrogen (secondary N) is 1. The summed E-state index contributed by atoms with van der Waals surface area (Å²) in [6, 6.07) is 9.03. The van der Waals surface area contributed by atoms with Crippen LogP contribution in [0.15, 0.2) is 41.5 Å². The van der Waals surface area contributed by atoms with Gasteiger partial charge in [-0.2, -0.15) is 5.10 Å². The number of phenolic OH excluding ortho intramolecular Hbond substituents is 1. The van der Waals surface area contributed by atoms with Crippen molar-refractivity contribution in [3.05, 3.63) is 62.0 Å². The van der Waals surface area contributed by atoms with Gasteiger partial charge in [0.25, 0.3) is 11.6 Å². The predicted octanol–water partition coefficient (Wildman–Crippen LogP) is 3.94. The number of nitro benzene ring substituents is 1. The van der Waals surface area contributed by atoms with Gasteiger partial charge >= 0.3 is 0 Å². The van der Waals surface area contributed by atoms with E-state index in [-0.39, 0.29) is 27.1 Å². The van der Waals surface area contributed by atoms with Gasteiger partial charge in [0.2, 0.25) is 0 Å². The lowest BCUT2D eigenvalue weighted by Gasteiger charge is -2.04. The number of nitrogens with zero attached hydrogens (tertiary/aromatic N) is 2. The van der Waals surface area contributed by atoms with Crippen LogP contribution in [0, 0.1) is 10.1 Å². The molecule has 8 nitrogen and oxygen atoms in total. The van der Waals surface area contributed by atoms with E-state index in [1.165, 1.54) is 31.5 Å². The summed E-state index contributed by atoms with van der Waals surface area (Å²) in [5.74, 6) is -0.396. The zero-order valence-electron chi connectivity index (χ0n) is 13.8. The standard InChI is InChI=1S/C17H12ClN3O5S/c1-26-12-4-2-3-9(15(12)22)8-19-20-17(23)16-14(18)11-6-5-10(21(24)25)7-13(11)27-16/h2-8,22H,1H3,(H,20,23)/b19-8-. The highest BCUT2D eigenvalue weighted by atomic mass is 35.5. The quantitative estimate of drug-likeness (QED) is 0.379. The van der Waals surface area contributed by atoms with Crippen LogP contribution in [-0.4, -0.2) is 29.3 Å². The lowest BCUT2D eigenvalue weighted by atomic mass is 10.2. The topological polar surface area (TPSA) is 114 Å². The molecule has 2 aromatic carbocycles. The summed E-state index contributed by atoms with van der Waals surface area (Å²) in [7, 11) is 1.42. The molecule has 0 unspecified atom stereocenters. The minimum Gasteiger partial charge on any atom is -0.504 e. The number of rotatable bonds is 5. The Balaban J connectivity index is 1.82. The maximum absolute atomic E-state index is 12.3. The fraction of sp³-hybridized carbons (Fsp3) is 0.0588. The van der Waals surface area contributed by atoms with Crippen molar-refractivity contribution in [2.24, 2.45) is 5.10 Å². The van der Waals surface area contributed by atoms with E-state index in [0.717, 1.165) is 11.3 Å². The van der Waals surface area contributed by atoms with Crippen LogP contribution in [0.4, 0.5) is 5.69 Å². The highest BCUT2D eigenvalue weighted by molar-refractivity contribution is 7.21. The molecule has 0 atom stereocenters. The molecule has 1 amide bonds. The second kappa shape index (κ2) is 7.60. The Morgan fingerprint density at radius 2 is 2.19 bits per heavy atom. The van der Waals surface area contributed by atoms with Crippen LogP contribution in [0.25, 0.3) is 10.1 Å². The molecule has 10 heteroatoms. The van der Waals surface area contributed by atoms with Crippen molar-refractivity contribution in [2.45, 2.75) is 0 Å². The molecular formula is C17H12ClN3O5S. The van der Waals surface area contributed by atoms with Crippen molar-refractivity contribution >= 4 is 50.8 Å². The van der Waals surface area contributed by atoms with Gasteiger partial charge in [0.1, 0.15) is 4.88 Å². The number of nitro groups is 1. The van der Waals surface area contributed by atoms with Crippen LogP contribution >= 0.6 is 22.9 Å². The van der Waals surface area contributed by atoms with Crippen LogP contribution < -0.4 is 10.2 Å². The number of non-ortho nitro benzene ring substituents is 1. The first kappa shape index (κ1) is 18.6. The number of thiophene rings is 1. The maximum atomic E-state index is 12.3. The Hall–Kier alpha value is -3.17. The minimum absolute atomic E-state index is 0.0844. The minimum atomic E-state index is -0.567. The van der Waals surface area contributed by atoms with Gasteiger partial charge in [-0.05, 0) is 18.2 Å².